The summed E-state index contributed by atoms with van der Waals surface area (Å²) in [6.07, 6.45) is -8.03. The fourth-order valence-corrected chi connectivity index (χ4v) is 4.28. The van der Waals surface area contributed by atoms with Crippen molar-refractivity contribution in [3.8, 4) is 23.1 Å². The van der Waals surface area contributed by atoms with Crippen molar-refractivity contribution in [3.05, 3.63) is 47.5 Å². The molecule has 11 heteroatoms. The molecule has 0 aliphatic heterocycles. The molecule has 4 rings (SSSR count). The first-order chi connectivity index (χ1) is 17.5. The molecule has 0 spiro atoms. The second kappa shape index (κ2) is 10.3. The number of rotatable bonds is 7. The Kier molecular flexibility index (Phi) is 7.30. The van der Waals surface area contributed by atoms with Gasteiger partial charge in [-0.1, -0.05) is 6.07 Å². The van der Waals surface area contributed by atoms with Crippen LogP contribution < -0.4 is 10.1 Å². The zero-order valence-corrected chi connectivity index (χ0v) is 20.0. The number of carbonyl (C=O) groups excluding carboxylic acids is 1. The highest BCUT2D eigenvalue weighted by Gasteiger charge is 2.39. The predicted molar refractivity (Wildman–Crippen MR) is 127 cm³/mol. The minimum Gasteiger partial charge on any atom is -0.488 e. The molecule has 0 bridgehead atoms. The van der Waals surface area contributed by atoms with E-state index in [-0.39, 0.29) is 17.5 Å². The van der Waals surface area contributed by atoms with Gasteiger partial charge in [0.2, 0.25) is 0 Å². The third kappa shape index (κ3) is 5.48. The summed E-state index contributed by atoms with van der Waals surface area (Å²) in [6.45, 7) is 1.67. The molecule has 37 heavy (non-hydrogen) atoms. The standard InChI is InChI=1S/C26H24F5N3O3/c1-14-10-16(6-9-21(14)33-25(35)37-15(2)26(29,30)31)24-20(12-32)19-8-7-18(36-13-23(27)28)11-22(19)34(24)17-4-3-5-17/h6-11,15,17,23H,3-5,13H2,1-2H3,(H,33,35). The molecule has 1 saturated carbocycles. The number of fused-ring (bicyclic) bond motifs is 1. The fourth-order valence-electron chi connectivity index (χ4n) is 4.28. The molecular formula is C26H24F5N3O3. The van der Waals surface area contributed by atoms with Gasteiger partial charge in [0.15, 0.2) is 6.10 Å². The van der Waals surface area contributed by atoms with Crippen LogP contribution in [0.3, 0.4) is 0 Å². The van der Waals surface area contributed by atoms with Gasteiger partial charge in [0.05, 0.1) is 16.8 Å². The lowest BCUT2D eigenvalue weighted by Gasteiger charge is -2.30. The van der Waals surface area contributed by atoms with Gasteiger partial charge >= 0.3 is 12.3 Å². The van der Waals surface area contributed by atoms with Crippen molar-refractivity contribution in [2.45, 2.75) is 57.9 Å². The minimum atomic E-state index is -4.68. The highest BCUT2D eigenvalue weighted by atomic mass is 19.4. The predicted octanol–water partition coefficient (Wildman–Crippen LogP) is 7.36. The smallest absolute Gasteiger partial charge is 0.425 e. The van der Waals surface area contributed by atoms with Crippen LogP contribution in [0.5, 0.6) is 5.75 Å². The summed E-state index contributed by atoms with van der Waals surface area (Å²) >= 11 is 0. The first-order valence-corrected chi connectivity index (χ1v) is 11.6. The number of amides is 1. The average Bonchev–Trinajstić information content (AvgIpc) is 3.10. The first-order valence-electron chi connectivity index (χ1n) is 11.6. The molecule has 1 aliphatic rings. The molecule has 1 heterocycles. The number of benzene rings is 2. The molecular weight excluding hydrogens is 497 g/mol. The average molecular weight is 521 g/mol. The van der Waals surface area contributed by atoms with Crippen LogP contribution in [0.2, 0.25) is 0 Å². The summed E-state index contributed by atoms with van der Waals surface area (Å²) in [5.41, 5.74) is 3.19. The minimum absolute atomic E-state index is 0.0990. The van der Waals surface area contributed by atoms with Gasteiger partial charge in [-0.05, 0) is 68.5 Å². The Bertz CT molecular complexity index is 1360. The zero-order valence-electron chi connectivity index (χ0n) is 20.0. The van der Waals surface area contributed by atoms with E-state index < -0.39 is 31.4 Å². The molecule has 6 nitrogen and oxygen atoms in total. The zero-order chi connectivity index (χ0) is 26.9. The van der Waals surface area contributed by atoms with Crippen LogP contribution in [-0.2, 0) is 4.74 Å². The molecule has 3 aromatic rings. The Morgan fingerprint density at radius 1 is 1.22 bits per heavy atom. The van der Waals surface area contributed by atoms with E-state index in [0.29, 0.717) is 33.3 Å². The van der Waals surface area contributed by atoms with E-state index in [1.165, 1.54) is 6.07 Å². The van der Waals surface area contributed by atoms with Crippen LogP contribution in [0, 0.1) is 18.3 Å². The summed E-state index contributed by atoms with van der Waals surface area (Å²) in [7, 11) is 0. The lowest BCUT2D eigenvalue weighted by molar-refractivity contribution is -0.196. The number of hydrogen-bond acceptors (Lipinski definition) is 4. The van der Waals surface area contributed by atoms with E-state index in [2.05, 4.69) is 16.1 Å². The highest BCUT2D eigenvalue weighted by Crippen LogP contribution is 2.43. The number of anilines is 1. The van der Waals surface area contributed by atoms with Gasteiger partial charge in [-0.15, -0.1) is 0 Å². The Balaban J connectivity index is 1.72. The molecule has 1 unspecified atom stereocenters. The summed E-state index contributed by atoms with van der Waals surface area (Å²) in [5, 5.41) is 13.0. The van der Waals surface area contributed by atoms with Crippen molar-refractivity contribution in [2.24, 2.45) is 0 Å². The number of carbonyl (C=O) groups is 1. The van der Waals surface area contributed by atoms with Gasteiger partial charge in [-0.25, -0.2) is 13.6 Å². The molecule has 196 valence electrons. The number of hydrogen-bond donors (Lipinski definition) is 1. The Morgan fingerprint density at radius 2 is 1.95 bits per heavy atom. The largest absolute Gasteiger partial charge is 0.488 e. The van der Waals surface area contributed by atoms with Gasteiger partial charge in [0, 0.05) is 23.2 Å². The number of alkyl halides is 5. The quantitative estimate of drug-likeness (QED) is 0.330. The SMILES string of the molecule is Cc1cc(-c2c(C#N)c3ccc(OCC(F)F)cc3n2C2CCC2)ccc1NC(=O)OC(C)C(F)(F)F. The molecule has 0 saturated heterocycles. The maximum Gasteiger partial charge on any atom is 0.425 e. The fraction of sp³-hybridized carbons (Fsp3) is 0.385. The molecule has 1 atom stereocenters. The number of ether oxygens (including phenoxy) is 2. The normalized spacial score (nSPS) is 14.8. The van der Waals surface area contributed by atoms with Crippen LogP contribution in [0.1, 0.15) is 43.4 Å². The van der Waals surface area contributed by atoms with E-state index in [0.717, 1.165) is 26.2 Å². The van der Waals surface area contributed by atoms with Crippen LogP contribution in [-0.4, -0.2) is 36.0 Å². The number of halogens is 5. The summed E-state index contributed by atoms with van der Waals surface area (Å²) in [5.74, 6) is 0.268. The molecule has 1 aromatic heterocycles. The van der Waals surface area contributed by atoms with Crippen molar-refractivity contribution >= 4 is 22.7 Å². The van der Waals surface area contributed by atoms with Gasteiger partial charge < -0.3 is 14.0 Å². The number of nitrogens with zero attached hydrogens (tertiary/aromatic N) is 2. The van der Waals surface area contributed by atoms with Crippen molar-refractivity contribution < 1.29 is 36.2 Å². The Labute approximate surface area is 209 Å². The first kappa shape index (κ1) is 26.3. The van der Waals surface area contributed by atoms with Crippen LogP contribution in [0.4, 0.5) is 32.4 Å². The number of aromatic nitrogens is 1. The van der Waals surface area contributed by atoms with Crippen molar-refractivity contribution in [1.29, 1.82) is 5.26 Å². The van der Waals surface area contributed by atoms with Crippen LogP contribution >= 0.6 is 0 Å². The third-order valence-electron chi connectivity index (χ3n) is 6.38. The van der Waals surface area contributed by atoms with Crippen molar-refractivity contribution in [3.63, 3.8) is 0 Å². The van der Waals surface area contributed by atoms with Crippen molar-refractivity contribution in [1.82, 2.24) is 4.57 Å². The van der Waals surface area contributed by atoms with Gasteiger partial charge in [0.25, 0.3) is 6.43 Å². The Morgan fingerprint density at radius 3 is 2.51 bits per heavy atom. The van der Waals surface area contributed by atoms with Gasteiger partial charge in [0.1, 0.15) is 18.4 Å². The maximum atomic E-state index is 12.7. The number of nitriles is 1. The number of nitrogens with one attached hydrogen (secondary N) is 1. The summed E-state index contributed by atoms with van der Waals surface area (Å²) in [6, 6.07) is 12.1. The molecule has 1 amide bonds. The van der Waals surface area contributed by atoms with Crippen LogP contribution in [0.25, 0.3) is 22.2 Å². The van der Waals surface area contributed by atoms with Crippen molar-refractivity contribution in [2.75, 3.05) is 11.9 Å². The van der Waals surface area contributed by atoms with Gasteiger partial charge in [-0.3, -0.25) is 5.32 Å². The van der Waals surface area contributed by atoms with E-state index in [1.54, 1.807) is 37.3 Å². The molecule has 2 aromatic carbocycles. The van der Waals surface area contributed by atoms with E-state index in [1.807, 2.05) is 4.57 Å². The molecule has 1 N–H and O–H groups in total. The summed E-state index contributed by atoms with van der Waals surface area (Å²) < 4.78 is 75.0. The Hall–Kier alpha value is -3.81. The molecule has 0 radical (unpaired) electrons. The lowest BCUT2D eigenvalue weighted by atomic mass is 9.92. The second-order valence-corrected chi connectivity index (χ2v) is 8.92. The molecule has 1 fully saturated rings. The lowest BCUT2D eigenvalue weighted by Crippen LogP contribution is -2.32. The highest BCUT2D eigenvalue weighted by molar-refractivity contribution is 5.96. The van der Waals surface area contributed by atoms with E-state index in [9.17, 15) is 32.0 Å². The third-order valence-corrected chi connectivity index (χ3v) is 6.38. The molecule has 1 aliphatic carbocycles. The topological polar surface area (TPSA) is 76.3 Å². The van der Waals surface area contributed by atoms with Crippen LogP contribution in [0.15, 0.2) is 36.4 Å². The second-order valence-electron chi connectivity index (χ2n) is 8.92. The maximum absolute atomic E-state index is 12.7. The summed E-state index contributed by atoms with van der Waals surface area (Å²) in [4.78, 5) is 12.0. The van der Waals surface area contributed by atoms with Gasteiger partial charge in [-0.2, -0.15) is 18.4 Å². The monoisotopic (exact) mass is 521 g/mol. The van der Waals surface area contributed by atoms with E-state index in [4.69, 9.17) is 4.74 Å². The number of aryl methyl sites for hydroxylation is 1. The van der Waals surface area contributed by atoms with E-state index >= 15 is 0 Å².